The predicted octanol–water partition coefficient (Wildman–Crippen LogP) is 3.56. The molecule has 0 aliphatic heterocycles. The first-order chi connectivity index (χ1) is 22.1. The molecule has 0 aromatic heterocycles. The number of hydrogen-bond acceptors (Lipinski definition) is 13. The quantitative estimate of drug-likeness (QED) is 0.0558. The van der Waals surface area contributed by atoms with Crippen LogP contribution in [0, 0.1) is 0 Å². The molecule has 250 valence electrons. The second-order valence-corrected chi connectivity index (χ2v) is 8.87. The number of carbonyl (C=O) groups excluding carboxylic acids is 2. The number of amides is 1. The molecule has 0 atom stereocenters. The molecule has 2 rings (SSSR count). The van der Waals surface area contributed by atoms with Gasteiger partial charge in [-0.3, -0.25) is 10.2 Å². The Bertz CT molecular complexity index is 1110. The lowest BCUT2D eigenvalue weighted by Crippen LogP contribution is -2.14. The average molecular weight is 637 g/mol. The van der Waals surface area contributed by atoms with E-state index >= 15 is 0 Å². The van der Waals surface area contributed by atoms with Gasteiger partial charge in [0.25, 0.3) is 0 Å². The fourth-order valence-electron chi connectivity index (χ4n) is 3.37. The van der Waals surface area contributed by atoms with E-state index < -0.39 is 12.1 Å². The van der Waals surface area contributed by atoms with Crippen molar-refractivity contribution in [3.05, 3.63) is 53.6 Å². The molecule has 0 aliphatic carbocycles. The van der Waals surface area contributed by atoms with Crippen LogP contribution in [0.25, 0.3) is 0 Å². The van der Waals surface area contributed by atoms with Gasteiger partial charge >= 0.3 is 12.1 Å². The largest absolute Gasteiger partial charge is 0.487 e. The zero-order valence-corrected chi connectivity index (χ0v) is 26.2. The highest BCUT2D eigenvalue weighted by Crippen LogP contribution is 2.28. The molecule has 1 amide bonds. The molecule has 0 unspecified atom stereocenters. The Hall–Kier alpha value is -3.79. The molecule has 0 bridgehead atoms. The summed E-state index contributed by atoms with van der Waals surface area (Å²) in [5.41, 5.74) is 1.39. The van der Waals surface area contributed by atoms with Crippen molar-refractivity contribution in [2.24, 2.45) is 5.16 Å². The van der Waals surface area contributed by atoms with E-state index in [0.29, 0.717) is 101 Å². The molecule has 2 aromatic rings. The molecular weight excluding hydrogens is 592 g/mol. The van der Waals surface area contributed by atoms with Crippen LogP contribution in [0.1, 0.15) is 22.8 Å². The molecule has 2 aromatic carbocycles. The van der Waals surface area contributed by atoms with Gasteiger partial charge in [0.05, 0.1) is 84.5 Å². The predicted molar refractivity (Wildman–Crippen MR) is 165 cm³/mol. The van der Waals surface area contributed by atoms with Crippen LogP contribution in [-0.2, 0) is 38.0 Å². The number of oxime groups is 1. The van der Waals surface area contributed by atoms with Crippen LogP contribution in [0.3, 0.4) is 0 Å². The summed E-state index contributed by atoms with van der Waals surface area (Å²) in [5.74, 6) is 0.507. The Morgan fingerprint density at radius 1 is 0.689 bits per heavy atom. The summed E-state index contributed by atoms with van der Waals surface area (Å²) < 4.78 is 48.4. The highest BCUT2D eigenvalue weighted by Gasteiger charge is 2.09. The number of rotatable bonds is 25. The van der Waals surface area contributed by atoms with E-state index in [9.17, 15) is 9.59 Å². The minimum absolute atomic E-state index is 0.262. The van der Waals surface area contributed by atoms with Crippen molar-refractivity contribution in [2.75, 3.05) is 105 Å². The van der Waals surface area contributed by atoms with Gasteiger partial charge in [-0.2, -0.15) is 0 Å². The third-order valence-corrected chi connectivity index (χ3v) is 5.53. The number of hydrogen-bond donors (Lipinski definition) is 1. The standard InChI is InChI=1S/C31H44N2O12/c1-4-42-30(34)26-6-8-27(9-7-26)33-31(35)45-32-24-25-5-10-28(43-21-19-40-17-15-38-13-11-36-2)29(23-25)44-22-20-41-18-16-39-14-12-37-3/h5-10,23-24H,4,11-22H2,1-3H3,(H,33,35)/b32-24+. The van der Waals surface area contributed by atoms with Crippen molar-refractivity contribution in [2.45, 2.75) is 6.92 Å². The summed E-state index contributed by atoms with van der Waals surface area (Å²) in [6.45, 7) is 7.10. The topological polar surface area (TPSA) is 151 Å². The molecule has 0 saturated heterocycles. The maximum absolute atomic E-state index is 12.2. The fourth-order valence-corrected chi connectivity index (χ4v) is 3.37. The number of anilines is 1. The molecule has 0 fully saturated rings. The monoisotopic (exact) mass is 636 g/mol. The van der Waals surface area contributed by atoms with Crippen LogP contribution in [0.15, 0.2) is 47.6 Å². The van der Waals surface area contributed by atoms with E-state index in [1.54, 1.807) is 51.5 Å². The van der Waals surface area contributed by atoms with Crippen molar-refractivity contribution in [1.29, 1.82) is 0 Å². The summed E-state index contributed by atoms with van der Waals surface area (Å²) in [6, 6.07) is 11.3. The summed E-state index contributed by atoms with van der Waals surface area (Å²) >= 11 is 0. The van der Waals surface area contributed by atoms with E-state index in [-0.39, 0.29) is 13.2 Å². The molecule has 0 spiro atoms. The maximum Gasteiger partial charge on any atom is 0.437 e. The Morgan fingerprint density at radius 3 is 1.78 bits per heavy atom. The lowest BCUT2D eigenvalue weighted by Gasteiger charge is -2.14. The highest BCUT2D eigenvalue weighted by molar-refractivity contribution is 5.91. The van der Waals surface area contributed by atoms with Gasteiger partial charge < -0.3 is 42.6 Å². The summed E-state index contributed by atoms with van der Waals surface area (Å²) in [6.07, 6.45) is 0.555. The lowest BCUT2D eigenvalue weighted by atomic mass is 10.2. The van der Waals surface area contributed by atoms with Gasteiger partial charge in [0, 0.05) is 25.5 Å². The van der Waals surface area contributed by atoms with Crippen molar-refractivity contribution in [1.82, 2.24) is 0 Å². The van der Waals surface area contributed by atoms with Crippen LogP contribution in [0.4, 0.5) is 10.5 Å². The molecule has 0 heterocycles. The fraction of sp³-hybridized carbons (Fsp3) is 0.516. The van der Waals surface area contributed by atoms with Gasteiger partial charge in [-0.1, -0.05) is 5.16 Å². The van der Waals surface area contributed by atoms with E-state index in [2.05, 4.69) is 10.5 Å². The van der Waals surface area contributed by atoms with E-state index in [1.165, 1.54) is 18.3 Å². The first-order valence-corrected chi connectivity index (χ1v) is 14.5. The van der Waals surface area contributed by atoms with Gasteiger partial charge in [0.1, 0.15) is 13.2 Å². The number of ether oxygens (including phenoxy) is 9. The number of nitrogens with zero attached hydrogens (tertiary/aromatic N) is 1. The third kappa shape index (κ3) is 17.3. The minimum Gasteiger partial charge on any atom is -0.487 e. The second kappa shape index (κ2) is 24.5. The second-order valence-electron chi connectivity index (χ2n) is 8.87. The molecule has 1 N–H and O–H groups in total. The molecule has 14 heteroatoms. The molecule has 45 heavy (non-hydrogen) atoms. The third-order valence-electron chi connectivity index (χ3n) is 5.53. The number of nitrogens with one attached hydrogen (secondary N) is 1. The molecule has 0 radical (unpaired) electrons. The highest BCUT2D eigenvalue weighted by atomic mass is 16.7. The Balaban J connectivity index is 1.86. The van der Waals surface area contributed by atoms with Crippen LogP contribution in [-0.4, -0.2) is 118 Å². The molecule has 0 saturated carbocycles. The first-order valence-electron chi connectivity index (χ1n) is 14.5. The van der Waals surface area contributed by atoms with E-state index in [0.717, 1.165) is 0 Å². The van der Waals surface area contributed by atoms with Crippen LogP contribution < -0.4 is 14.8 Å². The van der Waals surface area contributed by atoms with Gasteiger partial charge in [0.15, 0.2) is 11.5 Å². The van der Waals surface area contributed by atoms with Crippen molar-refractivity contribution in [3.8, 4) is 11.5 Å². The van der Waals surface area contributed by atoms with E-state index in [4.69, 9.17) is 47.5 Å². The van der Waals surface area contributed by atoms with Crippen LogP contribution in [0.5, 0.6) is 11.5 Å². The minimum atomic E-state index is -0.806. The zero-order valence-electron chi connectivity index (χ0n) is 26.2. The SMILES string of the molecule is CCOC(=O)c1ccc(NC(=O)O/N=C/c2ccc(OCCOCCOCCOC)c(OCCOCCOCCOC)c2)cc1. The van der Waals surface area contributed by atoms with Crippen LogP contribution >= 0.6 is 0 Å². The Labute approximate surface area is 263 Å². The van der Waals surface area contributed by atoms with Gasteiger partial charge in [-0.15, -0.1) is 0 Å². The van der Waals surface area contributed by atoms with Crippen molar-refractivity contribution in [3.63, 3.8) is 0 Å². The molecular formula is C31H44N2O12. The van der Waals surface area contributed by atoms with Gasteiger partial charge in [-0.25, -0.2) is 9.59 Å². The number of carbonyl (C=O) groups is 2. The Kier molecular flexibility index (Phi) is 20.4. The van der Waals surface area contributed by atoms with Crippen LogP contribution in [0.2, 0.25) is 0 Å². The van der Waals surface area contributed by atoms with Gasteiger partial charge in [-0.05, 0) is 49.4 Å². The summed E-state index contributed by atoms with van der Waals surface area (Å²) in [5, 5.41) is 6.29. The number of methoxy groups -OCH3 is 2. The average Bonchev–Trinajstić information content (AvgIpc) is 3.04. The normalized spacial score (nSPS) is 11.0. The lowest BCUT2D eigenvalue weighted by molar-refractivity contribution is 0.0160. The smallest absolute Gasteiger partial charge is 0.437 e. The first kappa shape index (κ1) is 37.4. The maximum atomic E-state index is 12.2. The Morgan fingerprint density at radius 2 is 1.22 bits per heavy atom. The van der Waals surface area contributed by atoms with Crippen molar-refractivity contribution >= 4 is 24.0 Å². The van der Waals surface area contributed by atoms with Crippen molar-refractivity contribution < 1.29 is 57.1 Å². The molecule has 14 nitrogen and oxygen atoms in total. The zero-order chi connectivity index (χ0) is 32.4. The number of benzene rings is 2. The molecule has 0 aliphatic rings. The summed E-state index contributed by atoms with van der Waals surface area (Å²) in [7, 11) is 3.24. The summed E-state index contributed by atoms with van der Waals surface area (Å²) in [4.78, 5) is 28.8. The van der Waals surface area contributed by atoms with E-state index in [1.807, 2.05) is 0 Å². The van der Waals surface area contributed by atoms with Gasteiger partial charge in [0.2, 0.25) is 0 Å². The number of esters is 1.